The molecule has 0 aromatic rings. The molecule has 0 radical (unpaired) electrons. The third-order valence-electron chi connectivity index (χ3n) is 2.76. The zero-order valence-corrected chi connectivity index (χ0v) is 9.27. The molecule has 0 unspecified atom stereocenters. The molecule has 0 atom stereocenters. The standard InChI is InChI=1S/C12H20O2/c1-3-11(12(13)14-4-2)10-8-6-5-7-9-10/h3-9H2,1-2H3. The zero-order chi connectivity index (χ0) is 10.4. The number of hydrogen-bond acceptors (Lipinski definition) is 2. The smallest absolute Gasteiger partial charge is 0.333 e. The summed E-state index contributed by atoms with van der Waals surface area (Å²) in [5, 5.41) is 0. The number of carbonyl (C=O) groups excluding carboxylic acids is 1. The van der Waals surface area contributed by atoms with Gasteiger partial charge >= 0.3 is 5.97 Å². The number of ether oxygens (including phenoxy) is 1. The SMILES string of the molecule is CCOC(=O)C(CC)=C1CCCCC1. The molecule has 0 heterocycles. The molecular formula is C12H20O2. The molecule has 1 aliphatic rings. The summed E-state index contributed by atoms with van der Waals surface area (Å²) in [6, 6.07) is 0. The highest BCUT2D eigenvalue weighted by Crippen LogP contribution is 2.27. The van der Waals surface area contributed by atoms with Crippen LogP contribution >= 0.6 is 0 Å². The minimum Gasteiger partial charge on any atom is -0.463 e. The van der Waals surface area contributed by atoms with Gasteiger partial charge in [-0.2, -0.15) is 0 Å². The Bertz CT molecular complexity index is 220. The van der Waals surface area contributed by atoms with Crippen LogP contribution in [0.15, 0.2) is 11.1 Å². The summed E-state index contributed by atoms with van der Waals surface area (Å²) in [5.41, 5.74) is 2.28. The van der Waals surface area contributed by atoms with E-state index in [9.17, 15) is 4.79 Å². The Morgan fingerprint density at radius 3 is 2.36 bits per heavy atom. The van der Waals surface area contributed by atoms with Crippen LogP contribution < -0.4 is 0 Å². The number of allylic oxidation sites excluding steroid dienone is 1. The summed E-state index contributed by atoms with van der Waals surface area (Å²) in [6.07, 6.45) is 6.79. The fourth-order valence-electron chi connectivity index (χ4n) is 2.04. The topological polar surface area (TPSA) is 26.3 Å². The fourth-order valence-corrected chi connectivity index (χ4v) is 2.04. The van der Waals surface area contributed by atoms with Gasteiger partial charge in [-0.3, -0.25) is 0 Å². The largest absolute Gasteiger partial charge is 0.463 e. The van der Waals surface area contributed by atoms with Crippen molar-refractivity contribution in [2.45, 2.75) is 52.4 Å². The second kappa shape index (κ2) is 5.84. The highest BCUT2D eigenvalue weighted by molar-refractivity contribution is 5.89. The second-order valence-electron chi connectivity index (χ2n) is 3.72. The van der Waals surface area contributed by atoms with E-state index in [2.05, 4.69) is 0 Å². The first kappa shape index (κ1) is 11.3. The normalized spacial score (nSPS) is 16.6. The lowest BCUT2D eigenvalue weighted by Crippen LogP contribution is -2.11. The van der Waals surface area contributed by atoms with Gasteiger partial charge in [-0.25, -0.2) is 4.79 Å². The lowest BCUT2D eigenvalue weighted by Gasteiger charge is -2.17. The lowest BCUT2D eigenvalue weighted by molar-refractivity contribution is -0.138. The molecule has 0 saturated heterocycles. The van der Waals surface area contributed by atoms with E-state index in [4.69, 9.17) is 4.74 Å². The number of rotatable bonds is 3. The lowest BCUT2D eigenvalue weighted by atomic mass is 9.90. The molecule has 0 aromatic carbocycles. The van der Waals surface area contributed by atoms with Crippen LogP contribution in [-0.4, -0.2) is 12.6 Å². The molecule has 1 rings (SSSR count). The number of carbonyl (C=O) groups is 1. The van der Waals surface area contributed by atoms with E-state index in [1.807, 2.05) is 13.8 Å². The van der Waals surface area contributed by atoms with E-state index < -0.39 is 0 Å². The van der Waals surface area contributed by atoms with Crippen LogP contribution in [-0.2, 0) is 9.53 Å². The van der Waals surface area contributed by atoms with Gasteiger partial charge in [0.2, 0.25) is 0 Å². The quantitative estimate of drug-likeness (QED) is 0.511. The van der Waals surface area contributed by atoms with Crippen molar-refractivity contribution >= 4 is 5.97 Å². The average molecular weight is 196 g/mol. The first-order valence-electron chi connectivity index (χ1n) is 5.67. The minimum absolute atomic E-state index is 0.0908. The van der Waals surface area contributed by atoms with Crippen molar-refractivity contribution in [3.05, 3.63) is 11.1 Å². The molecule has 1 aliphatic carbocycles. The van der Waals surface area contributed by atoms with Crippen molar-refractivity contribution in [2.75, 3.05) is 6.61 Å². The number of hydrogen-bond donors (Lipinski definition) is 0. The number of esters is 1. The van der Waals surface area contributed by atoms with E-state index >= 15 is 0 Å². The Morgan fingerprint density at radius 1 is 1.21 bits per heavy atom. The van der Waals surface area contributed by atoms with Gasteiger partial charge in [0.1, 0.15) is 0 Å². The van der Waals surface area contributed by atoms with Crippen molar-refractivity contribution in [2.24, 2.45) is 0 Å². The van der Waals surface area contributed by atoms with Gasteiger partial charge in [-0.1, -0.05) is 18.9 Å². The van der Waals surface area contributed by atoms with Crippen LogP contribution in [0.4, 0.5) is 0 Å². The van der Waals surface area contributed by atoms with Crippen LogP contribution in [0.3, 0.4) is 0 Å². The monoisotopic (exact) mass is 196 g/mol. The molecular weight excluding hydrogens is 176 g/mol. The van der Waals surface area contributed by atoms with E-state index in [1.54, 1.807) is 0 Å². The molecule has 2 nitrogen and oxygen atoms in total. The predicted octanol–water partition coefficient (Wildman–Crippen LogP) is 3.22. The Balaban J connectivity index is 2.70. The Hall–Kier alpha value is -0.790. The molecule has 0 aromatic heterocycles. The minimum atomic E-state index is -0.0908. The fraction of sp³-hybridized carbons (Fsp3) is 0.750. The van der Waals surface area contributed by atoms with Gasteiger partial charge in [0.15, 0.2) is 0 Å². The molecule has 0 N–H and O–H groups in total. The summed E-state index contributed by atoms with van der Waals surface area (Å²) < 4.78 is 5.05. The second-order valence-corrected chi connectivity index (χ2v) is 3.72. The zero-order valence-electron chi connectivity index (χ0n) is 9.27. The Labute approximate surface area is 86.3 Å². The first-order valence-corrected chi connectivity index (χ1v) is 5.67. The van der Waals surface area contributed by atoms with Crippen LogP contribution in [0.25, 0.3) is 0 Å². The van der Waals surface area contributed by atoms with Crippen LogP contribution in [0.5, 0.6) is 0 Å². The van der Waals surface area contributed by atoms with Crippen LogP contribution in [0, 0.1) is 0 Å². The molecule has 0 spiro atoms. The summed E-state index contributed by atoms with van der Waals surface area (Å²) >= 11 is 0. The summed E-state index contributed by atoms with van der Waals surface area (Å²) in [5.74, 6) is -0.0908. The van der Waals surface area contributed by atoms with Gasteiger partial charge in [0.25, 0.3) is 0 Å². The van der Waals surface area contributed by atoms with E-state index in [1.165, 1.54) is 24.8 Å². The maximum absolute atomic E-state index is 11.6. The van der Waals surface area contributed by atoms with Crippen LogP contribution in [0.2, 0.25) is 0 Å². The van der Waals surface area contributed by atoms with Gasteiger partial charge in [0.05, 0.1) is 6.61 Å². The molecule has 0 aliphatic heterocycles. The third kappa shape index (κ3) is 2.86. The van der Waals surface area contributed by atoms with Gasteiger partial charge in [-0.05, 0) is 39.0 Å². The van der Waals surface area contributed by atoms with E-state index in [0.717, 1.165) is 24.8 Å². The Morgan fingerprint density at radius 2 is 1.86 bits per heavy atom. The first-order chi connectivity index (χ1) is 6.79. The van der Waals surface area contributed by atoms with Gasteiger partial charge in [0, 0.05) is 5.57 Å². The Kier molecular flexibility index (Phi) is 4.71. The molecule has 0 bridgehead atoms. The van der Waals surface area contributed by atoms with Crippen molar-refractivity contribution in [1.82, 2.24) is 0 Å². The average Bonchev–Trinajstić information content (AvgIpc) is 2.21. The highest BCUT2D eigenvalue weighted by atomic mass is 16.5. The van der Waals surface area contributed by atoms with Crippen molar-refractivity contribution < 1.29 is 9.53 Å². The molecule has 80 valence electrons. The van der Waals surface area contributed by atoms with Gasteiger partial charge < -0.3 is 4.74 Å². The third-order valence-corrected chi connectivity index (χ3v) is 2.76. The predicted molar refractivity (Wildman–Crippen MR) is 57.0 cm³/mol. The summed E-state index contributed by atoms with van der Waals surface area (Å²) in [7, 11) is 0. The highest BCUT2D eigenvalue weighted by Gasteiger charge is 2.16. The van der Waals surface area contributed by atoms with Crippen LogP contribution in [0.1, 0.15) is 52.4 Å². The molecule has 0 amide bonds. The van der Waals surface area contributed by atoms with E-state index in [0.29, 0.717) is 6.61 Å². The summed E-state index contributed by atoms with van der Waals surface area (Å²) in [4.78, 5) is 11.6. The molecule has 14 heavy (non-hydrogen) atoms. The van der Waals surface area contributed by atoms with Crippen molar-refractivity contribution in [1.29, 1.82) is 0 Å². The maximum atomic E-state index is 11.6. The molecule has 2 heteroatoms. The molecule has 1 saturated carbocycles. The van der Waals surface area contributed by atoms with Crippen molar-refractivity contribution in [3.63, 3.8) is 0 Å². The van der Waals surface area contributed by atoms with Crippen molar-refractivity contribution in [3.8, 4) is 0 Å². The van der Waals surface area contributed by atoms with Gasteiger partial charge in [-0.15, -0.1) is 0 Å². The molecule has 1 fully saturated rings. The maximum Gasteiger partial charge on any atom is 0.333 e. The van der Waals surface area contributed by atoms with E-state index in [-0.39, 0.29) is 5.97 Å². The summed E-state index contributed by atoms with van der Waals surface area (Å²) in [6.45, 7) is 4.38.